The van der Waals surface area contributed by atoms with Gasteiger partial charge in [-0.25, -0.2) is 4.79 Å². The maximum Gasteiger partial charge on any atom is 0.322 e. The van der Waals surface area contributed by atoms with E-state index in [0.29, 0.717) is 6.42 Å². The monoisotopic (exact) mass is 175 g/mol. The molecule has 0 aromatic rings. The van der Waals surface area contributed by atoms with Crippen molar-refractivity contribution in [2.75, 3.05) is 0 Å². The number of primary amides is 1. The summed E-state index contributed by atoms with van der Waals surface area (Å²) in [6.07, 6.45) is 0.427. The van der Waals surface area contributed by atoms with Crippen molar-refractivity contribution < 1.29 is 14.7 Å². The van der Waals surface area contributed by atoms with E-state index in [-0.39, 0.29) is 0 Å². The number of hydrogen-bond donors (Lipinski definition) is 4. The second-order valence-electron chi connectivity index (χ2n) is 2.39. The molecule has 0 bridgehead atoms. The third-order valence-corrected chi connectivity index (χ3v) is 1.49. The number of urea groups is 1. The fraction of sp³-hybridized carbons (Fsp3) is 0.667. The molecular weight excluding hydrogens is 162 g/mol. The Morgan fingerprint density at radius 3 is 2.33 bits per heavy atom. The maximum atomic E-state index is 10.4. The first-order valence-corrected chi connectivity index (χ1v) is 3.53. The van der Waals surface area contributed by atoms with E-state index >= 15 is 0 Å². The van der Waals surface area contributed by atoms with Crippen LogP contribution in [-0.2, 0) is 4.79 Å². The van der Waals surface area contributed by atoms with Crippen LogP contribution in [-0.4, -0.2) is 29.2 Å². The van der Waals surface area contributed by atoms with Crippen LogP contribution in [0.2, 0.25) is 0 Å². The van der Waals surface area contributed by atoms with Crippen molar-refractivity contribution in [3.05, 3.63) is 0 Å². The Morgan fingerprint density at radius 2 is 2.08 bits per heavy atom. The number of amides is 2. The predicted octanol–water partition coefficient (Wildman–Crippen LogP) is -1.15. The van der Waals surface area contributed by atoms with Crippen LogP contribution in [0.25, 0.3) is 0 Å². The molecule has 2 atom stereocenters. The van der Waals surface area contributed by atoms with E-state index < -0.39 is 24.1 Å². The third-order valence-electron chi connectivity index (χ3n) is 1.49. The van der Waals surface area contributed by atoms with Gasteiger partial charge in [-0.15, -0.1) is 0 Å². The molecule has 0 saturated carbocycles. The molecule has 0 aliphatic heterocycles. The summed E-state index contributed by atoms with van der Waals surface area (Å²) in [5.74, 6) is -1.16. The minimum Gasteiger partial charge on any atom is -0.480 e. The summed E-state index contributed by atoms with van der Waals surface area (Å²) in [5, 5.41) is 10.7. The van der Waals surface area contributed by atoms with Gasteiger partial charge in [-0.1, -0.05) is 6.92 Å². The fourth-order valence-corrected chi connectivity index (χ4v) is 0.801. The van der Waals surface area contributed by atoms with Gasteiger partial charge >= 0.3 is 12.0 Å². The molecule has 0 aromatic heterocycles. The lowest BCUT2D eigenvalue weighted by Crippen LogP contribution is -2.52. The summed E-state index contributed by atoms with van der Waals surface area (Å²) < 4.78 is 0. The molecule has 6 N–H and O–H groups in total. The standard InChI is InChI=1S/C6H13N3O3/c1-2-3(9-6(8)12)4(7)5(10)11/h3-4H,2,7H2,1H3,(H,10,11)(H3,8,9,12)/t3?,4-/m0/s1. The van der Waals surface area contributed by atoms with Crippen LogP contribution in [0, 0.1) is 0 Å². The molecule has 0 saturated heterocycles. The Hall–Kier alpha value is -1.30. The minimum absolute atomic E-state index is 0.427. The van der Waals surface area contributed by atoms with E-state index in [1.54, 1.807) is 6.92 Å². The molecule has 2 amide bonds. The number of carbonyl (C=O) groups excluding carboxylic acids is 1. The number of hydrogen-bond acceptors (Lipinski definition) is 3. The van der Waals surface area contributed by atoms with Crippen LogP contribution in [0.4, 0.5) is 4.79 Å². The molecule has 0 aromatic carbocycles. The SMILES string of the molecule is CCC(NC(N)=O)[C@H](N)C(=O)O. The topological polar surface area (TPSA) is 118 Å². The van der Waals surface area contributed by atoms with Gasteiger partial charge in [-0.3, -0.25) is 4.79 Å². The summed E-state index contributed by atoms with van der Waals surface area (Å²) in [6.45, 7) is 1.71. The highest BCUT2D eigenvalue weighted by molar-refractivity contribution is 5.77. The van der Waals surface area contributed by atoms with E-state index in [1.807, 2.05) is 0 Å². The molecular formula is C6H13N3O3. The lowest BCUT2D eigenvalue weighted by atomic mass is 10.1. The van der Waals surface area contributed by atoms with E-state index in [0.717, 1.165) is 0 Å². The second-order valence-corrected chi connectivity index (χ2v) is 2.39. The Kier molecular flexibility index (Phi) is 4.06. The summed E-state index contributed by atoms with van der Waals surface area (Å²) in [4.78, 5) is 20.7. The molecule has 0 spiro atoms. The smallest absolute Gasteiger partial charge is 0.322 e. The van der Waals surface area contributed by atoms with Gasteiger partial charge in [0.1, 0.15) is 6.04 Å². The quantitative estimate of drug-likeness (QED) is 0.431. The fourth-order valence-electron chi connectivity index (χ4n) is 0.801. The van der Waals surface area contributed by atoms with Crippen molar-refractivity contribution in [3.63, 3.8) is 0 Å². The average molecular weight is 175 g/mol. The Labute approximate surface area is 69.9 Å². The zero-order valence-electron chi connectivity index (χ0n) is 6.78. The highest BCUT2D eigenvalue weighted by Crippen LogP contribution is 1.95. The van der Waals surface area contributed by atoms with E-state index in [4.69, 9.17) is 16.6 Å². The van der Waals surface area contributed by atoms with Crippen LogP contribution < -0.4 is 16.8 Å². The third kappa shape index (κ3) is 3.20. The number of rotatable bonds is 4. The number of nitrogens with two attached hydrogens (primary N) is 2. The van der Waals surface area contributed by atoms with Crippen molar-refractivity contribution in [1.82, 2.24) is 5.32 Å². The van der Waals surface area contributed by atoms with Crippen molar-refractivity contribution in [1.29, 1.82) is 0 Å². The summed E-state index contributed by atoms with van der Waals surface area (Å²) in [7, 11) is 0. The zero-order valence-corrected chi connectivity index (χ0v) is 6.78. The first kappa shape index (κ1) is 10.7. The first-order chi connectivity index (χ1) is 5.49. The lowest BCUT2D eigenvalue weighted by Gasteiger charge is -2.18. The minimum atomic E-state index is -1.16. The summed E-state index contributed by atoms with van der Waals surface area (Å²) in [6, 6.07) is -2.49. The van der Waals surface area contributed by atoms with Gasteiger partial charge in [-0.2, -0.15) is 0 Å². The molecule has 0 radical (unpaired) electrons. The molecule has 12 heavy (non-hydrogen) atoms. The first-order valence-electron chi connectivity index (χ1n) is 3.53. The molecule has 0 heterocycles. The van der Waals surface area contributed by atoms with Crippen LogP contribution in [0.1, 0.15) is 13.3 Å². The zero-order chi connectivity index (χ0) is 9.72. The van der Waals surface area contributed by atoms with Crippen LogP contribution in [0.3, 0.4) is 0 Å². The van der Waals surface area contributed by atoms with Gasteiger partial charge in [0.15, 0.2) is 0 Å². The molecule has 0 aliphatic rings. The Balaban J connectivity index is 4.14. The van der Waals surface area contributed by atoms with Crippen molar-refractivity contribution >= 4 is 12.0 Å². The average Bonchev–Trinajstić information content (AvgIpc) is 1.98. The van der Waals surface area contributed by atoms with Gasteiger partial charge in [0, 0.05) is 0 Å². The van der Waals surface area contributed by atoms with Crippen molar-refractivity contribution in [3.8, 4) is 0 Å². The van der Waals surface area contributed by atoms with Gasteiger partial charge in [-0.05, 0) is 6.42 Å². The van der Waals surface area contributed by atoms with Gasteiger partial charge < -0.3 is 21.9 Å². The maximum absolute atomic E-state index is 10.4. The van der Waals surface area contributed by atoms with E-state index in [1.165, 1.54) is 0 Å². The predicted molar refractivity (Wildman–Crippen MR) is 42.4 cm³/mol. The second kappa shape index (κ2) is 4.55. The molecule has 0 aliphatic carbocycles. The van der Waals surface area contributed by atoms with Gasteiger partial charge in [0.25, 0.3) is 0 Å². The largest absolute Gasteiger partial charge is 0.480 e. The Morgan fingerprint density at radius 1 is 1.58 bits per heavy atom. The molecule has 70 valence electrons. The molecule has 6 nitrogen and oxygen atoms in total. The lowest BCUT2D eigenvalue weighted by molar-refractivity contribution is -0.139. The summed E-state index contributed by atoms with van der Waals surface area (Å²) >= 11 is 0. The normalized spacial score (nSPS) is 14.8. The van der Waals surface area contributed by atoms with Gasteiger partial charge in [0.2, 0.25) is 0 Å². The molecule has 1 unspecified atom stereocenters. The van der Waals surface area contributed by atoms with Crippen molar-refractivity contribution in [2.24, 2.45) is 11.5 Å². The molecule has 0 fully saturated rings. The van der Waals surface area contributed by atoms with E-state index in [9.17, 15) is 9.59 Å². The number of nitrogens with one attached hydrogen (secondary N) is 1. The van der Waals surface area contributed by atoms with Crippen LogP contribution >= 0.6 is 0 Å². The highest BCUT2D eigenvalue weighted by atomic mass is 16.4. The number of carbonyl (C=O) groups is 2. The number of carboxylic acids is 1. The Bertz CT molecular complexity index is 183. The van der Waals surface area contributed by atoms with E-state index in [2.05, 4.69) is 5.32 Å². The molecule has 6 heteroatoms. The highest BCUT2D eigenvalue weighted by Gasteiger charge is 2.23. The van der Waals surface area contributed by atoms with Crippen LogP contribution in [0.5, 0.6) is 0 Å². The van der Waals surface area contributed by atoms with Crippen LogP contribution in [0.15, 0.2) is 0 Å². The summed E-state index contributed by atoms with van der Waals surface area (Å²) in [5.41, 5.74) is 10.1. The molecule has 0 rings (SSSR count). The number of aliphatic carboxylic acids is 1. The van der Waals surface area contributed by atoms with Gasteiger partial charge in [0.05, 0.1) is 6.04 Å². The number of carboxylic acid groups (broad SMARTS) is 1. The van der Waals surface area contributed by atoms with Crippen molar-refractivity contribution in [2.45, 2.75) is 25.4 Å².